The van der Waals surface area contributed by atoms with Crippen LogP contribution < -0.4 is 0 Å². The van der Waals surface area contributed by atoms with Gasteiger partial charge in [0.2, 0.25) is 0 Å². The van der Waals surface area contributed by atoms with Gasteiger partial charge in [0, 0.05) is 43.7 Å². The Bertz CT molecular complexity index is 980. The molecule has 0 aliphatic carbocycles. The first kappa shape index (κ1) is 29.7. The highest BCUT2D eigenvalue weighted by atomic mass is 79.9. The molecule has 1 unspecified atom stereocenters. The molecule has 1 aliphatic heterocycles. The van der Waals surface area contributed by atoms with Crippen molar-refractivity contribution in [3.05, 3.63) is 70.2 Å². The number of rotatable bonds is 5. The summed E-state index contributed by atoms with van der Waals surface area (Å²) in [5, 5.41) is 10.4. The Kier molecular flexibility index (Phi) is 12.7. The van der Waals surface area contributed by atoms with E-state index in [2.05, 4.69) is 56.1 Å². The van der Waals surface area contributed by atoms with E-state index in [1.165, 1.54) is 5.56 Å². The number of hydrogen-bond donors (Lipinski definition) is 3. The summed E-state index contributed by atoms with van der Waals surface area (Å²) in [5.41, 5.74) is 2.36. The van der Waals surface area contributed by atoms with Crippen molar-refractivity contribution < 1.29 is 31.0 Å². The number of aliphatic hydroxyl groups is 1. The van der Waals surface area contributed by atoms with Gasteiger partial charge in [0.1, 0.15) is 0 Å². The van der Waals surface area contributed by atoms with Crippen LogP contribution >= 0.6 is 15.9 Å². The van der Waals surface area contributed by atoms with E-state index in [4.69, 9.17) is 9.11 Å². The van der Waals surface area contributed by atoms with Gasteiger partial charge in [0.05, 0.1) is 18.6 Å². The smallest absolute Gasteiger partial charge is 0.261 e. The number of piperazine rings is 1. The molecule has 0 amide bonds. The summed E-state index contributed by atoms with van der Waals surface area (Å²) in [6.07, 6.45) is 1.02. The molecule has 12 heteroatoms. The number of β-amino-alcohol motifs (C(OH)–C–C–N with tert-alkyl or cyclic N) is 1. The SMILES string of the molecule is CS(=O)(=O)O.CS(=O)(=O)O.OC(CN1CCN(Cc2ccccc2)CC1)c1ccc(Br)cc1. The van der Waals surface area contributed by atoms with Gasteiger partial charge in [-0.15, -0.1) is 0 Å². The van der Waals surface area contributed by atoms with Crippen LogP contribution in [-0.2, 0) is 26.8 Å². The minimum Gasteiger partial charge on any atom is -0.387 e. The van der Waals surface area contributed by atoms with Crippen LogP contribution in [0.25, 0.3) is 0 Å². The quantitative estimate of drug-likeness (QED) is 0.465. The van der Waals surface area contributed by atoms with Gasteiger partial charge >= 0.3 is 0 Å². The van der Waals surface area contributed by atoms with E-state index < -0.39 is 26.3 Å². The number of nitrogens with zero attached hydrogens (tertiary/aromatic N) is 2. The molecule has 0 saturated carbocycles. The van der Waals surface area contributed by atoms with Crippen LogP contribution in [0, 0.1) is 0 Å². The average molecular weight is 568 g/mol. The molecule has 0 aromatic heterocycles. The molecule has 186 valence electrons. The highest BCUT2D eigenvalue weighted by Crippen LogP contribution is 2.18. The Hall–Kier alpha value is -1.38. The Balaban J connectivity index is 0.000000460. The van der Waals surface area contributed by atoms with E-state index >= 15 is 0 Å². The van der Waals surface area contributed by atoms with Crippen molar-refractivity contribution in [2.24, 2.45) is 0 Å². The fraction of sp³-hybridized carbons (Fsp3) is 0.429. The van der Waals surface area contributed by atoms with Crippen LogP contribution in [0.2, 0.25) is 0 Å². The molecule has 9 nitrogen and oxygen atoms in total. The van der Waals surface area contributed by atoms with E-state index in [1.807, 2.05) is 24.3 Å². The summed E-state index contributed by atoms with van der Waals surface area (Å²) in [6, 6.07) is 18.6. The Labute approximate surface area is 204 Å². The van der Waals surface area contributed by atoms with Gasteiger partial charge < -0.3 is 5.11 Å². The third kappa shape index (κ3) is 16.8. The molecule has 2 aromatic carbocycles. The molecule has 1 fully saturated rings. The summed E-state index contributed by atoms with van der Waals surface area (Å²) in [5.74, 6) is 0. The first-order valence-corrected chi connectivity index (χ1v) is 14.5. The molecular formula is C21H31BrN2O7S2. The first-order valence-electron chi connectivity index (χ1n) is 9.98. The third-order valence-corrected chi connectivity index (χ3v) is 4.93. The maximum atomic E-state index is 10.4. The summed E-state index contributed by atoms with van der Waals surface area (Å²) in [7, 11) is -7.33. The second-order valence-corrected chi connectivity index (χ2v) is 11.4. The predicted molar refractivity (Wildman–Crippen MR) is 132 cm³/mol. The van der Waals surface area contributed by atoms with Gasteiger partial charge in [0.15, 0.2) is 0 Å². The van der Waals surface area contributed by atoms with Crippen molar-refractivity contribution in [2.75, 3.05) is 45.2 Å². The molecule has 3 N–H and O–H groups in total. The molecule has 33 heavy (non-hydrogen) atoms. The Morgan fingerprint density at radius 1 is 0.818 bits per heavy atom. The molecule has 0 radical (unpaired) electrons. The standard InChI is InChI=1S/C19H23BrN2O.2CH4O3S/c20-18-8-6-17(7-9-18)19(23)15-22-12-10-21(11-13-22)14-16-4-2-1-3-5-16;2*1-5(2,3)4/h1-9,19,23H,10-15H2;2*1H3,(H,2,3,4). The lowest BCUT2D eigenvalue weighted by Crippen LogP contribution is -2.47. The fourth-order valence-electron chi connectivity index (χ4n) is 3.01. The largest absolute Gasteiger partial charge is 0.387 e. The van der Waals surface area contributed by atoms with E-state index in [0.717, 1.165) is 42.8 Å². The number of aliphatic hydroxyl groups excluding tert-OH is 1. The maximum Gasteiger partial charge on any atom is 0.261 e. The van der Waals surface area contributed by atoms with Gasteiger partial charge in [-0.3, -0.25) is 18.9 Å². The molecule has 0 spiro atoms. The predicted octanol–water partition coefficient (Wildman–Crippen LogP) is 2.31. The maximum absolute atomic E-state index is 10.4. The fourth-order valence-corrected chi connectivity index (χ4v) is 3.27. The summed E-state index contributed by atoms with van der Waals surface area (Å²) in [6.45, 7) is 5.87. The average Bonchev–Trinajstić information content (AvgIpc) is 2.68. The van der Waals surface area contributed by atoms with E-state index in [0.29, 0.717) is 19.1 Å². The minimum absolute atomic E-state index is 0.413. The lowest BCUT2D eigenvalue weighted by Gasteiger charge is -2.35. The van der Waals surface area contributed by atoms with Crippen LogP contribution in [0.1, 0.15) is 17.2 Å². The minimum atomic E-state index is -3.67. The monoisotopic (exact) mass is 566 g/mol. The molecule has 1 saturated heterocycles. The zero-order chi connectivity index (χ0) is 25.1. The topological polar surface area (TPSA) is 135 Å². The highest BCUT2D eigenvalue weighted by Gasteiger charge is 2.19. The van der Waals surface area contributed by atoms with Crippen LogP contribution in [-0.4, -0.2) is 86.1 Å². The molecule has 1 atom stereocenters. The van der Waals surface area contributed by atoms with Gasteiger partial charge in [-0.25, -0.2) is 0 Å². The Morgan fingerprint density at radius 2 is 1.24 bits per heavy atom. The van der Waals surface area contributed by atoms with Crippen LogP contribution in [0.4, 0.5) is 0 Å². The zero-order valence-electron chi connectivity index (χ0n) is 18.6. The van der Waals surface area contributed by atoms with E-state index in [9.17, 15) is 21.9 Å². The summed E-state index contributed by atoms with van der Waals surface area (Å²) >= 11 is 3.43. The first-order chi connectivity index (χ1) is 15.2. The van der Waals surface area contributed by atoms with E-state index in [-0.39, 0.29) is 0 Å². The van der Waals surface area contributed by atoms with Crippen molar-refractivity contribution >= 4 is 36.2 Å². The van der Waals surface area contributed by atoms with Gasteiger partial charge in [-0.1, -0.05) is 58.4 Å². The number of halogens is 1. The lowest BCUT2D eigenvalue weighted by molar-refractivity contribution is 0.0701. The molecule has 1 heterocycles. The molecule has 0 bridgehead atoms. The van der Waals surface area contributed by atoms with Crippen molar-refractivity contribution in [1.29, 1.82) is 0 Å². The molecule has 3 rings (SSSR count). The van der Waals surface area contributed by atoms with Crippen LogP contribution in [0.15, 0.2) is 59.1 Å². The Morgan fingerprint density at radius 3 is 1.70 bits per heavy atom. The van der Waals surface area contributed by atoms with Crippen molar-refractivity contribution in [1.82, 2.24) is 9.80 Å². The summed E-state index contributed by atoms with van der Waals surface area (Å²) < 4.78 is 52.8. The lowest BCUT2D eigenvalue weighted by atomic mass is 10.1. The van der Waals surface area contributed by atoms with Gasteiger partial charge in [-0.05, 0) is 23.3 Å². The molecule has 2 aromatic rings. The number of hydrogen-bond acceptors (Lipinski definition) is 7. The third-order valence-electron chi connectivity index (χ3n) is 4.40. The van der Waals surface area contributed by atoms with Crippen molar-refractivity contribution in [3.8, 4) is 0 Å². The summed E-state index contributed by atoms with van der Waals surface area (Å²) in [4.78, 5) is 4.84. The second-order valence-electron chi connectivity index (χ2n) is 7.60. The highest BCUT2D eigenvalue weighted by molar-refractivity contribution is 9.10. The van der Waals surface area contributed by atoms with Crippen molar-refractivity contribution in [2.45, 2.75) is 12.6 Å². The van der Waals surface area contributed by atoms with E-state index in [1.54, 1.807) is 0 Å². The molecule has 1 aliphatic rings. The van der Waals surface area contributed by atoms with Crippen LogP contribution in [0.5, 0.6) is 0 Å². The van der Waals surface area contributed by atoms with Crippen molar-refractivity contribution in [3.63, 3.8) is 0 Å². The normalized spacial score (nSPS) is 16.1. The second kappa shape index (κ2) is 14.1. The number of benzene rings is 2. The zero-order valence-corrected chi connectivity index (χ0v) is 21.8. The van der Waals surface area contributed by atoms with Crippen LogP contribution in [0.3, 0.4) is 0 Å². The molecular weight excluding hydrogens is 536 g/mol. The van der Waals surface area contributed by atoms with Gasteiger partial charge in [-0.2, -0.15) is 16.8 Å². The van der Waals surface area contributed by atoms with Gasteiger partial charge in [0.25, 0.3) is 20.2 Å².